The van der Waals surface area contributed by atoms with Crippen molar-refractivity contribution >= 4 is 5.91 Å². The second-order valence-corrected chi connectivity index (χ2v) is 4.86. The van der Waals surface area contributed by atoms with Crippen molar-refractivity contribution in [3.8, 4) is 0 Å². The summed E-state index contributed by atoms with van der Waals surface area (Å²) in [6.07, 6.45) is 2.01. The Morgan fingerprint density at radius 2 is 2.17 bits per heavy atom. The highest BCUT2D eigenvalue weighted by Crippen LogP contribution is 2.14. The van der Waals surface area contributed by atoms with Crippen molar-refractivity contribution in [3.63, 3.8) is 0 Å². The minimum absolute atomic E-state index is 0.0872. The lowest BCUT2D eigenvalue weighted by atomic mass is 9.98. The maximum absolute atomic E-state index is 12.8. The first kappa shape index (κ1) is 13.0. The predicted octanol–water partition coefficient (Wildman–Crippen LogP) is 1.78. The molecule has 1 saturated heterocycles. The molecule has 0 spiro atoms. The van der Waals surface area contributed by atoms with E-state index < -0.39 is 0 Å². The van der Waals surface area contributed by atoms with Gasteiger partial charge in [0.1, 0.15) is 5.82 Å². The molecule has 18 heavy (non-hydrogen) atoms. The van der Waals surface area contributed by atoms with E-state index in [1.54, 1.807) is 24.1 Å². The maximum Gasteiger partial charge on any atom is 0.227 e. The van der Waals surface area contributed by atoms with E-state index in [4.69, 9.17) is 0 Å². The summed E-state index contributed by atoms with van der Waals surface area (Å²) < 4.78 is 12.8. The van der Waals surface area contributed by atoms with Crippen LogP contribution in [0.5, 0.6) is 0 Å². The molecule has 0 bridgehead atoms. The van der Waals surface area contributed by atoms with Gasteiger partial charge in [-0.05, 0) is 37.1 Å². The quantitative estimate of drug-likeness (QED) is 0.887. The summed E-state index contributed by atoms with van der Waals surface area (Å²) in [5.74, 6) is 0.0138. The van der Waals surface area contributed by atoms with Gasteiger partial charge in [-0.3, -0.25) is 4.79 Å². The normalized spacial score (nSPS) is 19.6. The van der Waals surface area contributed by atoms with Crippen molar-refractivity contribution in [2.75, 3.05) is 20.1 Å². The van der Waals surface area contributed by atoms with Crippen molar-refractivity contribution in [2.45, 2.75) is 19.4 Å². The SMILES string of the molecule is CN(Cc1ccc(F)cc1)C(=O)[C@@H]1CCCNC1. The fourth-order valence-electron chi connectivity index (χ4n) is 2.32. The summed E-state index contributed by atoms with van der Waals surface area (Å²) >= 11 is 0. The number of carbonyl (C=O) groups excluding carboxylic acids is 1. The number of rotatable bonds is 3. The van der Waals surface area contributed by atoms with E-state index in [9.17, 15) is 9.18 Å². The molecule has 1 aromatic rings. The van der Waals surface area contributed by atoms with Gasteiger partial charge in [0.05, 0.1) is 5.92 Å². The zero-order valence-corrected chi connectivity index (χ0v) is 10.7. The first-order valence-electron chi connectivity index (χ1n) is 6.37. The van der Waals surface area contributed by atoms with E-state index >= 15 is 0 Å². The van der Waals surface area contributed by atoms with E-state index in [-0.39, 0.29) is 17.6 Å². The highest BCUT2D eigenvalue weighted by Gasteiger charge is 2.23. The Kier molecular flexibility index (Phi) is 4.31. The highest BCUT2D eigenvalue weighted by molar-refractivity contribution is 5.78. The third kappa shape index (κ3) is 3.29. The molecule has 1 heterocycles. The topological polar surface area (TPSA) is 32.3 Å². The molecule has 1 aromatic carbocycles. The van der Waals surface area contributed by atoms with Gasteiger partial charge in [0.25, 0.3) is 0 Å². The molecule has 1 amide bonds. The van der Waals surface area contributed by atoms with E-state index in [1.807, 2.05) is 0 Å². The Hall–Kier alpha value is -1.42. The fourth-order valence-corrected chi connectivity index (χ4v) is 2.32. The molecule has 0 aromatic heterocycles. The van der Waals surface area contributed by atoms with Gasteiger partial charge in [-0.1, -0.05) is 12.1 Å². The molecular formula is C14H19FN2O. The molecule has 0 aliphatic carbocycles. The lowest BCUT2D eigenvalue weighted by Crippen LogP contribution is -2.41. The summed E-state index contributed by atoms with van der Waals surface area (Å²) in [7, 11) is 1.81. The Morgan fingerprint density at radius 3 is 2.78 bits per heavy atom. The lowest BCUT2D eigenvalue weighted by molar-refractivity contribution is -0.135. The fraction of sp³-hybridized carbons (Fsp3) is 0.500. The van der Waals surface area contributed by atoms with Crippen LogP contribution in [0.3, 0.4) is 0 Å². The predicted molar refractivity (Wildman–Crippen MR) is 68.5 cm³/mol. The standard InChI is InChI=1S/C14H19FN2O/c1-17(10-11-4-6-13(15)7-5-11)14(18)12-3-2-8-16-9-12/h4-7,12,16H,2-3,8-10H2,1H3/t12-/m1/s1. The number of nitrogens with zero attached hydrogens (tertiary/aromatic N) is 1. The zero-order valence-electron chi connectivity index (χ0n) is 10.7. The van der Waals surface area contributed by atoms with Crippen LogP contribution < -0.4 is 5.32 Å². The second-order valence-electron chi connectivity index (χ2n) is 4.86. The smallest absolute Gasteiger partial charge is 0.227 e. The van der Waals surface area contributed by atoms with Gasteiger partial charge in [-0.15, -0.1) is 0 Å². The number of benzene rings is 1. The minimum Gasteiger partial charge on any atom is -0.341 e. The third-order valence-electron chi connectivity index (χ3n) is 3.36. The van der Waals surface area contributed by atoms with Crippen LogP contribution in [0.4, 0.5) is 4.39 Å². The summed E-state index contributed by atoms with van der Waals surface area (Å²) in [5.41, 5.74) is 0.955. The van der Waals surface area contributed by atoms with Crippen molar-refractivity contribution in [1.29, 1.82) is 0 Å². The van der Waals surface area contributed by atoms with Crippen LogP contribution in [-0.4, -0.2) is 30.9 Å². The number of carbonyl (C=O) groups is 1. The molecule has 0 radical (unpaired) electrons. The second kappa shape index (κ2) is 5.96. The molecule has 0 saturated carbocycles. The van der Waals surface area contributed by atoms with Gasteiger partial charge in [0, 0.05) is 20.1 Å². The first-order chi connectivity index (χ1) is 8.66. The largest absolute Gasteiger partial charge is 0.341 e. The molecule has 4 heteroatoms. The molecule has 3 nitrogen and oxygen atoms in total. The minimum atomic E-state index is -0.246. The molecule has 2 rings (SSSR count). The summed E-state index contributed by atoms with van der Waals surface area (Å²) in [4.78, 5) is 13.9. The summed E-state index contributed by atoms with van der Waals surface area (Å²) in [6, 6.07) is 6.29. The van der Waals surface area contributed by atoms with Gasteiger partial charge < -0.3 is 10.2 Å². The average molecular weight is 250 g/mol. The summed E-state index contributed by atoms with van der Waals surface area (Å²) in [5, 5.41) is 3.24. The van der Waals surface area contributed by atoms with E-state index in [0.29, 0.717) is 6.54 Å². The lowest BCUT2D eigenvalue weighted by Gasteiger charge is -2.27. The monoisotopic (exact) mass is 250 g/mol. The zero-order chi connectivity index (χ0) is 13.0. The van der Waals surface area contributed by atoms with E-state index in [2.05, 4.69) is 5.32 Å². The van der Waals surface area contributed by atoms with Crippen LogP contribution in [0.2, 0.25) is 0 Å². The van der Waals surface area contributed by atoms with Crippen LogP contribution in [0.1, 0.15) is 18.4 Å². The molecule has 1 N–H and O–H groups in total. The number of hydrogen-bond acceptors (Lipinski definition) is 2. The van der Waals surface area contributed by atoms with Gasteiger partial charge >= 0.3 is 0 Å². The van der Waals surface area contributed by atoms with Crippen molar-refractivity contribution < 1.29 is 9.18 Å². The van der Waals surface area contributed by atoms with Crippen LogP contribution in [0.15, 0.2) is 24.3 Å². The molecule has 1 aliphatic heterocycles. The molecule has 1 aliphatic rings. The Labute approximate surface area is 107 Å². The Bertz CT molecular complexity index is 399. The summed E-state index contributed by atoms with van der Waals surface area (Å²) in [6.45, 7) is 2.31. The Balaban J connectivity index is 1.92. The van der Waals surface area contributed by atoms with Crippen molar-refractivity contribution in [1.82, 2.24) is 10.2 Å². The highest BCUT2D eigenvalue weighted by atomic mass is 19.1. The Morgan fingerprint density at radius 1 is 1.44 bits per heavy atom. The van der Waals surface area contributed by atoms with Crippen LogP contribution >= 0.6 is 0 Å². The first-order valence-corrected chi connectivity index (χ1v) is 6.37. The van der Waals surface area contributed by atoms with Crippen molar-refractivity contribution in [2.24, 2.45) is 5.92 Å². The molecule has 98 valence electrons. The van der Waals surface area contributed by atoms with Gasteiger partial charge in [-0.2, -0.15) is 0 Å². The van der Waals surface area contributed by atoms with E-state index in [0.717, 1.165) is 31.5 Å². The van der Waals surface area contributed by atoms with Gasteiger partial charge in [0.2, 0.25) is 5.91 Å². The number of nitrogens with one attached hydrogen (secondary N) is 1. The van der Waals surface area contributed by atoms with Crippen molar-refractivity contribution in [3.05, 3.63) is 35.6 Å². The van der Waals surface area contributed by atoms with E-state index in [1.165, 1.54) is 12.1 Å². The number of amides is 1. The molecular weight excluding hydrogens is 231 g/mol. The maximum atomic E-state index is 12.8. The number of hydrogen-bond donors (Lipinski definition) is 1. The van der Waals surface area contributed by atoms with Gasteiger partial charge in [0.15, 0.2) is 0 Å². The number of piperidine rings is 1. The molecule has 1 atom stereocenters. The molecule has 0 unspecified atom stereocenters. The number of halogens is 1. The third-order valence-corrected chi connectivity index (χ3v) is 3.36. The van der Waals surface area contributed by atoms with Crippen LogP contribution in [0, 0.1) is 11.7 Å². The molecule has 1 fully saturated rings. The van der Waals surface area contributed by atoms with Crippen LogP contribution in [0.25, 0.3) is 0 Å². The average Bonchev–Trinajstić information content (AvgIpc) is 2.41. The van der Waals surface area contributed by atoms with Crippen LogP contribution in [-0.2, 0) is 11.3 Å². The van der Waals surface area contributed by atoms with Gasteiger partial charge in [-0.25, -0.2) is 4.39 Å².